The summed E-state index contributed by atoms with van der Waals surface area (Å²) in [5.74, 6) is -1.78. The maximum atomic E-state index is 13.1. The smallest absolute Gasteiger partial charge is 0.262 e. The van der Waals surface area contributed by atoms with Gasteiger partial charge in [-0.2, -0.15) is 0 Å². The van der Waals surface area contributed by atoms with E-state index in [9.17, 15) is 24.0 Å². The van der Waals surface area contributed by atoms with Crippen molar-refractivity contribution in [3.05, 3.63) is 47.5 Å². The molecule has 0 aromatic heterocycles. The van der Waals surface area contributed by atoms with Crippen LogP contribution in [0.2, 0.25) is 0 Å². The second-order valence-electron chi connectivity index (χ2n) is 7.21. The molecule has 3 aliphatic heterocycles. The molecule has 0 radical (unpaired) electrons. The van der Waals surface area contributed by atoms with Crippen LogP contribution in [0.25, 0.3) is 0 Å². The van der Waals surface area contributed by atoms with Gasteiger partial charge in [0.1, 0.15) is 6.04 Å². The zero-order valence-corrected chi connectivity index (χ0v) is 16.6. The van der Waals surface area contributed by atoms with Crippen molar-refractivity contribution in [3.8, 4) is 0 Å². The highest BCUT2D eigenvalue weighted by Crippen LogP contribution is 2.32. The Morgan fingerprint density at radius 3 is 2.45 bits per heavy atom. The van der Waals surface area contributed by atoms with E-state index >= 15 is 0 Å². The van der Waals surface area contributed by atoms with Gasteiger partial charge in [0.2, 0.25) is 5.91 Å². The molecule has 0 bridgehead atoms. The SMILES string of the molecule is CC(CN1C(=O)C=CC1=O)SN1C(=O)CCC(N2Cc3ccccc3C2=O)C1=O. The Balaban J connectivity index is 1.45. The van der Waals surface area contributed by atoms with Crippen LogP contribution < -0.4 is 0 Å². The number of hydrogen-bond acceptors (Lipinski definition) is 6. The fourth-order valence-corrected chi connectivity index (χ4v) is 4.76. The first kappa shape index (κ1) is 19.4. The molecule has 3 heterocycles. The van der Waals surface area contributed by atoms with E-state index in [0.717, 1.165) is 26.7 Å². The van der Waals surface area contributed by atoms with Gasteiger partial charge in [-0.05, 0) is 36.9 Å². The van der Waals surface area contributed by atoms with Crippen LogP contribution >= 0.6 is 11.9 Å². The summed E-state index contributed by atoms with van der Waals surface area (Å²) >= 11 is 0.998. The van der Waals surface area contributed by atoms with Gasteiger partial charge in [-0.1, -0.05) is 18.2 Å². The van der Waals surface area contributed by atoms with Crippen molar-refractivity contribution in [2.75, 3.05) is 6.54 Å². The minimum Gasteiger partial charge on any atom is -0.322 e. The minimum absolute atomic E-state index is 0.0884. The molecule has 8 nitrogen and oxygen atoms in total. The van der Waals surface area contributed by atoms with Crippen molar-refractivity contribution in [2.24, 2.45) is 0 Å². The summed E-state index contributed by atoms with van der Waals surface area (Å²) in [7, 11) is 0. The first-order valence-electron chi connectivity index (χ1n) is 9.33. The van der Waals surface area contributed by atoms with Crippen molar-refractivity contribution < 1.29 is 24.0 Å². The van der Waals surface area contributed by atoms with Crippen LogP contribution in [0.4, 0.5) is 0 Å². The van der Waals surface area contributed by atoms with Crippen LogP contribution in [-0.2, 0) is 25.7 Å². The number of nitrogens with zero attached hydrogens (tertiary/aromatic N) is 3. The molecule has 1 aromatic rings. The average molecular weight is 413 g/mol. The lowest BCUT2D eigenvalue weighted by molar-refractivity contribution is -0.145. The third-order valence-corrected chi connectivity index (χ3v) is 6.30. The molecule has 0 aliphatic carbocycles. The van der Waals surface area contributed by atoms with Crippen molar-refractivity contribution in [3.63, 3.8) is 0 Å². The van der Waals surface area contributed by atoms with Gasteiger partial charge in [0.05, 0.1) is 0 Å². The largest absolute Gasteiger partial charge is 0.322 e. The summed E-state index contributed by atoms with van der Waals surface area (Å²) in [6.07, 6.45) is 2.84. The Morgan fingerprint density at radius 1 is 1.07 bits per heavy atom. The number of amides is 5. The fraction of sp³-hybridized carbons (Fsp3) is 0.350. The molecule has 0 saturated carbocycles. The van der Waals surface area contributed by atoms with E-state index in [4.69, 9.17) is 0 Å². The number of carbonyl (C=O) groups is 5. The van der Waals surface area contributed by atoms with Crippen LogP contribution in [-0.4, -0.2) is 61.5 Å². The molecule has 4 rings (SSSR count). The predicted molar refractivity (Wildman–Crippen MR) is 104 cm³/mol. The van der Waals surface area contributed by atoms with Crippen LogP contribution in [0.3, 0.4) is 0 Å². The number of benzene rings is 1. The molecule has 9 heteroatoms. The molecule has 150 valence electrons. The Hall–Kier alpha value is -2.94. The van der Waals surface area contributed by atoms with Gasteiger partial charge in [-0.15, -0.1) is 0 Å². The van der Waals surface area contributed by atoms with E-state index in [1.54, 1.807) is 19.1 Å². The Bertz CT molecular complexity index is 941. The number of fused-ring (bicyclic) bond motifs is 1. The second-order valence-corrected chi connectivity index (χ2v) is 8.59. The molecule has 0 spiro atoms. The Morgan fingerprint density at radius 2 is 1.76 bits per heavy atom. The quantitative estimate of drug-likeness (QED) is 0.530. The van der Waals surface area contributed by atoms with Crippen molar-refractivity contribution in [2.45, 2.75) is 37.6 Å². The summed E-state index contributed by atoms with van der Waals surface area (Å²) in [5, 5.41) is -0.360. The van der Waals surface area contributed by atoms with Crippen LogP contribution in [0, 0.1) is 0 Å². The highest BCUT2D eigenvalue weighted by molar-refractivity contribution is 7.98. The third kappa shape index (κ3) is 3.46. The van der Waals surface area contributed by atoms with Gasteiger partial charge in [0, 0.05) is 42.5 Å². The Kier molecular flexibility index (Phi) is 4.99. The van der Waals surface area contributed by atoms with E-state index in [1.165, 1.54) is 17.1 Å². The molecule has 29 heavy (non-hydrogen) atoms. The summed E-state index contributed by atoms with van der Waals surface area (Å²) in [5.41, 5.74) is 1.46. The topological polar surface area (TPSA) is 95.1 Å². The van der Waals surface area contributed by atoms with Crippen LogP contribution in [0.1, 0.15) is 35.7 Å². The molecule has 1 aromatic carbocycles. The van der Waals surface area contributed by atoms with Gasteiger partial charge >= 0.3 is 0 Å². The highest BCUT2D eigenvalue weighted by atomic mass is 32.2. The van der Waals surface area contributed by atoms with E-state index in [0.29, 0.717) is 12.1 Å². The number of hydrogen-bond donors (Lipinski definition) is 0. The predicted octanol–water partition coefficient (Wildman–Crippen LogP) is 1.12. The molecule has 0 N–H and O–H groups in total. The molecule has 1 fully saturated rings. The molecule has 1 saturated heterocycles. The lowest BCUT2D eigenvalue weighted by Gasteiger charge is -2.35. The molecule has 2 atom stereocenters. The van der Waals surface area contributed by atoms with Crippen molar-refractivity contribution >= 4 is 41.5 Å². The normalized spacial score (nSPS) is 22.7. The van der Waals surface area contributed by atoms with Gasteiger partial charge in [-0.3, -0.25) is 28.9 Å². The fourth-order valence-electron chi connectivity index (χ4n) is 3.75. The van der Waals surface area contributed by atoms with Gasteiger partial charge in [-0.25, -0.2) is 4.31 Å². The van der Waals surface area contributed by atoms with Crippen LogP contribution in [0.5, 0.6) is 0 Å². The molecule has 3 aliphatic rings. The summed E-state index contributed by atoms with van der Waals surface area (Å²) < 4.78 is 1.09. The van der Waals surface area contributed by atoms with Crippen molar-refractivity contribution in [1.82, 2.24) is 14.1 Å². The zero-order chi connectivity index (χ0) is 20.7. The zero-order valence-electron chi connectivity index (χ0n) is 15.7. The first-order valence-corrected chi connectivity index (χ1v) is 10.2. The maximum Gasteiger partial charge on any atom is 0.262 e. The molecular formula is C20H19N3O5S. The van der Waals surface area contributed by atoms with E-state index in [2.05, 4.69) is 0 Å². The minimum atomic E-state index is -0.705. The highest BCUT2D eigenvalue weighted by Gasteiger charge is 2.43. The number of rotatable bonds is 5. The second kappa shape index (κ2) is 7.47. The number of carbonyl (C=O) groups excluding carboxylic acids is 5. The number of imide groups is 2. The van der Waals surface area contributed by atoms with Crippen LogP contribution in [0.15, 0.2) is 36.4 Å². The number of piperidine rings is 1. The summed E-state index contributed by atoms with van der Waals surface area (Å²) in [6, 6.07) is 6.53. The van der Waals surface area contributed by atoms with E-state index in [-0.39, 0.29) is 36.5 Å². The third-order valence-electron chi connectivity index (χ3n) is 5.19. The van der Waals surface area contributed by atoms with Gasteiger partial charge in [0.15, 0.2) is 0 Å². The molecule has 5 amide bonds. The lowest BCUT2D eigenvalue weighted by Crippen LogP contribution is -2.53. The summed E-state index contributed by atoms with van der Waals surface area (Å²) in [4.78, 5) is 64.2. The summed E-state index contributed by atoms with van der Waals surface area (Å²) in [6.45, 7) is 2.17. The lowest BCUT2D eigenvalue weighted by atomic mass is 10.0. The van der Waals surface area contributed by atoms with Crippen molar-refractivity contribution in [1.29, 1.82) is 0 Å². The Labute approximate surface area is 171 Å². The molecular weight excluding hydrogens is 394 g/mol. The van der Waals surface area contributed by atoms with E-state index in [1.807, 2.05) is 12.1 Å². The monoisotopic (exact) mass is 413 g/mol. The standard InChI is InChI=1S/C20H19N3O5S/c1-12(10-22-16(24)8-9-17(22)25)29-23-18(26)7-6-15(20(23)28)21-11-13-4-2-3-5-14(13)19(21)27/h2-5,8-9,12,15H,6-7,10-11H2,1H3. The maximum absolute atomic E-state index is 13.1. The first-order chi connectivity index (χ1) is 13.9. The van der Waals surface area contributed by atoms with E-state index < -0.39 is 23.8 Å². The average Bonchev–Trinajstić information content (AvgIpc) is 3.19. The van der Waals surface area contributed by atoms with Gasteiger partial charge in [0.25, 0.3) is 23.6 Å². The molecule has 2 unspecified atom stereocenters. The van der Waals surface area contributed by atoms with Gasteiger partial charge < -0.3 is 4.90 Å².